The number of nitrogens with two attached hydrogens (primary N) is 1. The van der Waals surface area contributed by atoms with Crippen LogP contribution in [0.25, 0.3) is 0 Å². The first-order chi connectivity index (χ1) is 8.70. The maximum Gasteiger partial charge on any atom is 0.0427 e. The number of benzene rings is 1. The van der Waals surface area contributed by atoms with Gasteiger partial charge in [0.25, 0.3) is 0 Å². The smallest absolute Gasteiger partial charge is 0.0427 e. The summed E-state index contributed by atoms with van der Waals surface area (Å²) in [6, 6.07) is 9.83. The van der Waals surface area contributed by atoms with E-state index in [9.17, 15) is 0 Å². The second-order valence-electron chi connectivity index (χ2n) is 4.19. The molecule has 0 aliphatic heterocycles. The molecule has 0 saturated heterocycles. The van der Waals surface area contributed by atoms with Crippen molar-refractivity contribution in [2.45, 2.75) is 13.1 Å². The van der Waals surface area contributed by atoms with Crippen LogP contribution in [0.3, 0.4) is 0 Å². The van der Waals surface area contributed by atoms with Gasteiger partial charge in [-0.15, -0.1) is 0 Å². The number of nitrogens with zero attached hydrogens (tertiary/aromatic N) is 2. The van der Waals surface area contributed by atoms with Crippen LogP contribution in [-0.2, 0) is 13.1 Å². The molecule has 3 nitrogen and oxygen atoms in total. The lowest BCUT2D eigenvalue weighted by Gasteiger charge is -2.22. The van der Waals surface area contributed by atoms with Crippen molar-refractivity contribution in [3.05, 3.63) is 58.9 Å². The summed E-state index contributed by atoms with van der Waals surface area (Å²) in [5, 5.41) is 0.719. The minimum atomic E-state index is 0.483. The number of pyridine rings is 1. The van der Waals surface area contributed by atoms with Crippen molar-refractivity contribution in [1.29, 1.82) is 0 Å². The molecule has 0 saturated carbocycles. The molecule has 0 bridgehead atoms. The summed E-state index contributed by atoms with van der Waals surface area (Å²) >= 11 is 5.98. The number of aromatic nitrogens is 1. The molecule has 2 aromatic rings. The van der Waals surface area contributed by atoms with E-state index < -0.39 is 0 Å². The van der Waals surface area contributed by atoms with E-state index in [0.717, 1.165) is 22.8 Å². The van der Waals surface area contributed by atoms with Gasteiger partial charge in [-0.3, -0.25) is 4.98 Å². The van der Waals surface area contributed by atoms with Crippen LogP contribution in [0.4, 0.5) is 5.69 Å². The normalized spacial score (nSPS) is 10.4. The van der Waals surface area contributed by atoms with Gasteiger partial charge in [-0.05, 0) is 41.5 Å². The molecule has 0 unspecified atom stereocenters. The van der Waals surface area contributed by atoms with Crippen molar-refractivity contribution < 1.29 is 0 Å². The van der Waals surface area contributed by atoms with Crippen molar-refractivity contribution in [2.75, 3.05) is 11.9 Å². The second kappa shape index (κ2) is 5.85. The molecule has 1 aromatic heterocycles. The first-order valence-corrected chi connectivity index (χ1v) is 6.17. The Kier molecular flexibility index (Phi) is 4.18. The number of rotatable bonds is 4. The van der Waals surface area contributed by atoms with E-state index in [0.29, 0.717) is 6.54 Å². The molecule has 0 amide bonds. The van der Waals surface area contributed by atoms with Gasteiger partial charge < -0.3 is 10.6 Å². The lowest BCUT2D eigenvalue weighted by molar-refractivity contribution is 0.901. The topological polar surface area (TPSA) is 42.2 Å². The average molecular weight is 262 g/mol. The van der Waals surface area contributed by atoms with Crippen LogP contribution in [0.5, 0.6) is 0 Å². The Morgan fingerprint density at radius 2 is 1.94 bits per heavy atom. The van der Waals surface area contributed by atoms with Gasteiger partial charge in [0, 0.05) is 43.2 Å². The molecule has 1 heterocycles. The number of anilines is 1. The molecule has 0 spiro atoms. The zero-order valence-corrected chi connectivity index (χ0v) is 11.1. The zero-order valence-electron chi connectivity index (χ0n) is 10.3. The maximum absolute atomic E-state index is 5.98. The number of halogens is 1. The highest BCUT2D eigenvalue weighted by Crippen LogP contribution is 2.24. The minimum Gasteiger partial charge on any atom is -0.370 e. The standard InChI is InChI=1S/C14H16ClN3/c1-18(10-11-4-6-17-7-5-11)14-3-2-13(15)8-12(14)9-16/h2-8H,9-10,16H2,1H3. The Labute approximate surface area is 112 Å². The molecule has 2 N–H and O–H groups in total. The van der Waals surface area contributed by atoms with Gasteiger partial charge in [-0.2, -0.15) is 0 Å². The summed E-state index contributed by atoms with van der Waals surface area (Å²) in [6.45, 7) is 1.30. The predicted octanol–water partition coefficient (Wildman–Crippen LogP) is 2.83. The van der Waals surface area contributed by atoms with Crippen LogP contribution in [0.15, 0.2) is 42.7 Å². The zero-order chi connectivity index (χ0) is 13.0. The van der Waals surface area contributed by atoms with E-state index in [-0.39, 0.29) is 0 Å². The second-order valence-corrected chi connectivity index (χ2v) is 4.63. The largest absolute Gasteiger partial charge is 0.370 e. The van der Waals surface area contributed by atoms with Crippen LogP contribution >= 0.6 is 11.6 Å². The Hall–Kier alpha value is -1.58. The average Bonchev–Trinajstić information content (AvgIpc) is 2.39. The lowest BCUT2D eigenvalue weighted by atomic mass is 10.1. The Bertz CT molecular complexity index is 514. The van der Waals surface area contributed by atoms with E-state index in [1.165, 1.54) is 5.56 Å². The lowest BCUT2D eigenvalue weighted by Crippen LogP contribution is -2.18. The third kappa shape index (κ3) is 3.00. The van der Waals surface area contributed by atoms with E-state index in [2.05, 4.69) is 9.88 Å². The number of hydrogen-bond acceptors (Lipinski definition) is 3. The van der Waals surface area contributed by atoms with E-state index in [4.69, 9.17) is 17.3 Å². The molecule has 1 aromatic carbocycles. The van der Waals surface area contributed by atoms with Gasteiger partial charge in [0.05, 0.1) is 0 Å². The third-order valence-electron chi connectivity index (χ3n) is 2.84. The summed E-state index contributed by atoms with van der Waals surface area (Å²) in [4.78, 5) is 6.18. The molecule has 18 heavy (non-hydrogen) atoms. The molecule has 0 aliphatic carbocycles. The van der Waals surface area contributed by atoms with Crippen molar-refractivity contribution in [3.63, 3.8) is 0 Å². The van der Waals surface area contributed by atoms with Gasteiger partial charge in [0.15, 0.2) is 0 Å². The fraction of sp³-hybridized carbons (Fsp3) is 0.214. The molecule has 0 atom stereocenters. The van der Waals surface area contributed by atoms with Crippen LogP contribution < -0.4 is 10.6 Å². The maximum atomic E-state index is 5.98. The Morgan fingerprint density at radius 1 is 1.22 bits per heavy atom. The molecule has 2 rings (SSSR count). The molecular formula is C14H16ClN3. The van der Waals surface area contributed by atoms with Crippen molar-refractivity contribution in [1.82, 2.24) is 4.98 Å². The van der Waals surface area contributed by atoms with Gasteiger partial charge in [-0.1, -0.05) is 11.6 Å². The summed E-state index contributed by atoms with van der Waals surface area (Å²) < 4.78 is 0. The van der Waals surface area contributed by atoms with Crippen LogP contribution in [0, 0.1) is 0 Å². The summed E-state index contributed by atoms with van der Waals surface area (Å²) in [5.74, 6) is 0. The summed E-state index contributed by atoms with van der Waals surface area (Å²) in [6.07, 6.45) is 3.60. The molecule has 0 fully saturated rings. The highest BCUT2D eigenvalue weighted by atomic mass is 35.5. The molecule has 4 heteroatoms. The minimum absolute atomic E-state index is 0.483. The molecule has 0 radical (unpaired) electrons. The van der Waals surface area contributed by atoms with Crippen LogP contribution in [-0.4, -0.2) is 12.0 Å². The van der Waals surface area contributed by atoms with Crippen LogP contribution in [0.1, 0.15) is 11.1 Å². The van der Waals surface area contributed by atoms with E-state index in [1.54, 1.807) is 12.4 Å². The Balaban J connectivity index is 2.21. The van der Waals surface area contributed by atoms with E-state index in [1.807, 2.05) is 37.4 Å². The summed E-state index contributed by atoms with van der Waals surface area (Å²) in [7, 11) is 2.04. The monoisotopic (exact) mass is 261 g/mol. The quantitative estimate of drug-likeness (QED) is 0.920. The fourth-order valence-electron chi connectivity index (χ4n) is 1.94. The van der Waals surface area contributed by atoms with Gasteiger partial charge in [0.2, 0.25) is 0 Å². The van der Waals surface area contributed by atoms with Gasteiger partial charge >= 0.3 is 0 Å². The fourth-order valence-corrected chi connectivity index (χ4v) is 2.13. The summed E-state index contributed by atoms with van der Waals surface area (Å²) in [5.41, 5.74) is 9.13. The van der Waals surface area contributed by atoms with Crippen molar-refractivity contribution >= 4 is 17.3 Å². The van der Waals surface area contributed by atoms with E-state index >= 15 is 0 Å². The van der Waals surface area contributed by atoms with Crippen LogP contribution in [0.2, 0.25) is 5.02 Å². The molecule has 94 valence electrons. The number of hydrogen-bond donors (Lipinski definition) is 1. The first kappa shape index (κ1) is 12.9. The molecular weight excluding hydrogens is 246 g/mol. The van der Waals surface area contributed by atoms with Gasteiger partial charge in [0.1, 0.15) is 0 Å². The first-order valence-electron chi connectivity index (χ1n) is 5.79. The predicted molar refractivity (Wildman–Crippen MR) is 75.7 cm³/mol. The third-order valence-corrected chi connectivity index (χ3v) is 3.08. The molecule has 0 aliphatic rings. The van der Waals surface area contributed by atoms with Gasteiger partial charge in [-0.25, -0.2) is 0 Å². The SMILES string of the molecule is CN(Cc1ccncc1)c1ccc(Cl)cc1CN. The van der Waals surface area contributed by atoms with Crippen molar-refractivity contribution in [2.24, 2.45) is 5.73 Å². The highest BCUT2D eigenvalue weighted by Gasteiger charge is 2.07. The Morgan fingerprint density at radius 3 is 2.61 bits per heavy atom. The van der Waals surface area contributed by atoms with Crippen molar-refractivity contribution in [3.8, 4) is 0 Å². The highest BCUT2D eigenvalue weighted by molar-refractivity contribution is 6.30.